The predicted octanol–water partition coefficient (Wildman–Crippen LogP) is 1.88. The average Bonchev–Trinajstić information content (AvgIpc) is 3.01. The number of likely N-dealkylation sites (tertiary alicyclic amines) is 1. The number of ether oxygens (including phenoxy) is 2. The normalized spacial score (nSPS) is 17.1. The van der Waals surface area contributed by atoms with E-state index in [0.29, 0.717) is 26.2 Å². The van der Waals surface area contributed by atoms with Crippen molar-refractivity contribution in [1.29, 1.82) is 0 Å². The van der Waals surface area contributed by atoms with Gasteiger partial charge in [-0.1, -0.05) is 0 Å². The molecule has 1 saturated heterocycles. The zero-order valence-electron chi connectivity index (χ0n) is 11.6. The fourth-order valence-corrected chi connectivity index (χ4v) is 2.59. The summed E-state index contributed by atoms with van der Waals surface area (Å²) in [6.45, 7) is 3.68. The Morgan fingerprint density at radius 2 is 1.90 bits per heavy atom. The molecule has 1 aromatic rings. The highest BCUT2D eigenvalue weighted by Crippen LogP contribution is 2.32. The summed E-state index contributed by atoms with van der Waals surface area (Å²) in [5, 5.41) is 3.27. The van der Waals surface area contributed by atoms with Crippen LogP contribution in [0.1, 0.15) is 19.3 Å². The number of rotatable bonds is 4. The summed E-state index contributed by atoms with van der Waals surface area (Å²) in [6, 6.07) is 5.78. The molecule has 3 rings (SSSR count). The quantitative estimate of drug-likeness (QED) is 0.912. The van der Waals surface area contributed by atoms with E-state index in [9.17, 15) is 4.79 Å². The number of nitrogens with one attached hydrogen (secondary N) is 1. The van der Waals surface area contributed by atoms with Gasteiger partial charge in [0.05, 0.1) is 0 Å². The van der Waals surface area contributed by atoms with Crippen LogP contribution in [0.5, 0.6) is 11.5 Å². The first-order valence-corrected chi connectivity index (χ1v) is 7.24. The molecular formula is C15H20N2O3. The molecule has 0 aromatic heterocycles. The zero-order valence-corrected chi connectivity index (χ0v) is 11.6. The molecule has 2 aliphatic heterocycles. The Kier molecular flexibility index (Phi) is 3.95. The molecule has 0 bridgehead atoms. The molecule has 0 radical (unpaired) electrons. The van der Waals surface area contributed by atoms with Gasteiger partial charge >= 0.3 is 0 Å². The van der Waals surface area contributed by atoms with E-state index < -0.39 is 0 Å². The molecule has 108 valence electrons. The van der Waals surface area contributed by atoms with Crippen molar-refractivity contribution in [3.05, 3.63) is 18.2 Å². The first kappa shape index (κ1) is 13.1. The average molecular weight is 276 g/mol. The standard InChI is InChI=1S/C15H20N2O3/c18-15(17-7-1-2-8-17)5-6-16-12-3-4-13-14(11-12)20-10-9-19-13/h3-4,11,16H,1-2,5-10H2. The van der Waals surface area contributed by atoms with Crippen molar-refractivity contribution in [3.63, 3.8) is 0 Å². The number of benzene rings is 1. The number of fused-ring (bicyclic) bond motifs is 1. The summed E-state index contributed by atoms with van der Waals surface area (Å²) in [7, 11) is 0. The molecule has 1 fully saturated rings. The lowest BCUT2D eigenvalue weighted by Gasteiger charge is -2.19. The van der Waals surface area contributed by atoms with Gasteiger partial charge in [-0.15, -0.1) is 0 Å². The van der Waals surface area contributed by atoms with Gasteiger partial charge in [0.15, 0.2) is 11.5 Å². The molecule has 0 atom stereocenters. The van der Waals surface area contributed by atoms with E-state index in [1.165, 1.54) is 0 Å². The van der Waals surface area contributed by atoms with E-state index in [0.717, 1.165) is 43.1 Å². The van der Waals surface area contributed by atoms with Gasteiger partial charge in [0, 0.05) is 37.8 Å². The third-order valence-corrected chi connectivity index (χ3v) is 3.67. The van der Waals surface area contributed by atoms with Gasteiger partial charge in [0.1, 0.15) is 13.2 Å². The van der Waals surface area contributed by atoms with Crippen molar-refractivity contribution in [2.75, 3.05) is 38.2 Å². The second-order valence-corrected chi connectivity index (χ2v) is 5.12. The highest BCUT2D eigenvalue weighted by Gasteiger charge is 2.17. The fourth-order valence-electron chi connectivity index (χ4n) is 2.59. The summed E-state index contributed by atoms with van der Waals surface area (Å²) in [5.41, 5.74) is 0.962. The minimum Gasteiger partial charge on any atom is -0.486 e. The molecular weight excluding hydrogens is 256 g/mol. The van der Waals surface area contributed by atoms with Crippen molar-refractivity contribution < 1.29 is 14.3 Å². The number of anilines is 1. The molecule has 1 amide bonds. The van der Waals surface area contributed by atoms with Gasteiger partial charge in [-0.2, -0.15) is 0 Å². The Labute approximate surface area is 118 Å². The molecule has 20 heavy (non-hydrogen) atoms. The first-order chi connectivity index (χ1) is 9.83. The summed E-state index contributed by atoms with van der Waals surface area (Å²) in [5.74, 6) is 1.80. The van der Waals surface area contributed by atoms with Crippen LogP contribution in [0.15, 0.2) is 18.2 Å². The van der Waals surface area contributed by atoms with Gasteiger partial charge in [0.2, 0.25) is 5.91 Å². The molecule has 2 aliphatic rings. The molecule has 1 N–H and O–H groups in total. The van der Waals surface area contributed by atoms with E-state index in [1.807, 2.05) is 23.1 Å². The molecule has 5 heteroatoms. The van der Waals surface area contributed by atoms with Crippen molar-refractivity contribution in [3.8, 4) is 11.5 Å². The number of hydrogen-bond acceptors (Lipinski definition) is 4. The largest absolute Gasteiger partial charge is 0.486 e. The van der Waals surface area contributed by atoms with Crippen molar-refractivity contribution in [1.82, 2.24) is 4.90 Å². The number of nitrogens with zero attached hydrogens (tertiary/aromatic N) is 1. The zero-order chi connectivity index (χ0) is 13.8. The lowest BCUT2D eigenvalue weighted by molar-refractivity contribution is -0.129. The van der Waals surface area contributed by atoms with Crippen LogP contribution in [0.25, 0.3) is 0 Å². The Hall–Kier alpha value is -1.91. The molecule has 5 nitrogen and oxygen atoms in total. The van der Waals surface area contributed by atoms with E-state index >= 15 is 0 Å². The minimum absolute atomic E-state index is 0.243. The second kappa shape index (κ2) is 6.03. The topological polar surface area (TPSA) is 50.8 Å². The molecule has 2 heterocycles. The lowest BCUT2D eigenvalue weighted by Crippen LogP contribution is -2.29. The van der Waals surface area contributed by atoms with Crippen LogP contribution in [-0.2, 0) is 4.79 Å². The fraction of sp³-hybridized carbons (Fsp3) is 0.533. The smallest absolute Gasteiger partial charge is 0.224 e. The van der Waals surface area contributed by atoms with Crippen molar-refractivity contribution in [2.24, 2.45) is 0 Å². The third kappa shape index (κ3) is 2.98. The lowest BCUT2D eigenvalue weighted by atomic mass is 10.2. The van der Waals surface area contributed by atoms with Crippen LogP contribution in [-0.4, -0.2) is 43.7 Å². The predicted molar refractivity (Wildman–Crippen MR) is 76.4 cm³/mol. The Morgan fingerprint density at radius 1 is 1.15 bits per heavy atom. The highest BCUT2D eigenvalue weighted by atomic mass is 16.6. The molecule has 0 aliphatic carbocycles. The van der Waals surface area contributed by atoms with E-state index in [-0.39, 0.29) is 5.91 Å². The first-order valence-electron chi connectivity index (χ1n) is 7.24. The maximum Gasteiger partial charge on any atom is 0.224 e. The van der Waals surface area contributed by atoms with Crippen LogP contribution in [0.4, 0.5) is 5.69 Å². The van der Waals surface area contributed by atoms with Crippen molar-refractivity contribution in [2.45, 2.75) is 19.3 Å². The number of amides is 1. The Bertz CT molecular complexity index is 484. The van der Waals surface area contributed by atoms with E-state index in [2.05, 4.69) is 5.32 Å². The number of carbonyl (C=O) groups is 1. The van der Waals surface area contributed by atoms with Crippen LogP contribution >= 0.6 is 0 Å². The third-order valence-electron chi connectivity index (χ3n) is 3.67. The summed E-state index contributed by atoms with van der Waals surface area (Å²) < 4.78 is 11.0. The number of carbonyl (C=O) groups excluding carboxylic acids is 1. The van der Waals surface area contributed by atoms with E-state index in [1.54, 1.807) is 0 Å². The van der Waals surface area contributed by atoms with Crippen LogP contribution in [0.2, 0.25) is 0 Å². The molecule has 0 unspecified atom stereocenters. The second-order valence-electron chi connectivity index (χ2n) is 5.12. The van der Waals surface area contributed by atoms with Gasteiger partial charge in [-0.3, -0.25) is 4.79 Å². The van der Waals surface area contributed by atoms with Gasteiger partial charge < -0.3 is 19.7 Å². The van der Waals surface area contributed by atoms with Gasteiger partial charge in [-0.05, 0) is 25.0 Å². The highest BCUT2D eigenvalue weighted by molar-refractivity contribution is 5.77. The maximum absolute atomic E-state index is 11.9. The summed E-state index contributed by atoms with van der Waals surface area (Å²) in [6.07, 6.45) is 2.82. The summed E-state index contributed by atoms with van der Waals surface area (Å²) >= 11 is 0. The van der Waals surface area contributed by atoms with Crippen LogP contribution in [0.3, 0.4) is 0 Å². The minimum atomic E-state index is 0.243. The molecule has 0 saturated carbocycles. The molecule has 0 spiro atoms. The van der Waals surface area contributed by atoms with Gasteiger partial charge in [0.25, 0.3) is 0 Å². The van der Waals surface area contributed by atoms with Crippen LogP contribution in [0, 0.1) is 0 Å². The van der Waals surface area contributed by atoms with Crippen LogP contribution < -0.4 is 14.8 Å². The SMILES string of the molecule is O=C(CCNc1ccc2c(c1)OCCO2)N1CCCC1. The Morgan fingerprint density at radius 3 is 2.70 bits per heavy atom. The van der Waals surface area contributed by atoms with E-state index in [4.69, 9.17) is 9.47 Å². The van der Waals surface area contributed by atoms with Gasteiger partial charge in [-0.25, -0.2) is 0 Å². The Balaban J connectivity index is 1.49. The molecule has 1 aromatic carbocycles. The monoisotopic (exact) mass is 276 g/mol. The summed E-state index contributed by atoms with van der Waals surface area (Å²) in [4.78, 5) is 13.9. The maximum atomic E-state index is 11.9. The number of hydrogen-bond donors (Lipinski definition) is 1. The van der Waals surface area contributed by atoms with Crippen molar-refractivity contribution >= 4 is 11.6 Å².